The molecular formula is C19H18Cl2NO6S2+. The minimum absolute atomic E-state index is 0.114. The summed E-state index contributed by atoms with van der Waals surface area (Å²) in [6.07, 6.45) is 0. The quantitative estimate of drug-likeness (QED) is 0.300. The summed E-state index contributed by atoms with van der Waals surface area (Å²) in [6.45, 7) is 0. The molecule has 0 aliphatic carbocycles. The molecule has 0 saturated heterocycles. The van der Waals surface area contributed by atoms with Gasteiger partial charge in [-0.25, -0.2) is 4.79 Å². The largest absolute Gasteiger partial charge is 0.493 e. The summed E-state index contributed by atoms with van der Waals surface area (Å²) in [5.74, 6) is 1.19. The number of rotatable bonds is 7. The van der Waals surface area contributed by atoms with Crippen molar-refractivity contribution in [1.82, 2.24) is 3.89 Å². The summed E-state index contributed by atoms with van der Waals surface area (Å²) in [6, 6.07) is 4.80. The van der Waals surface area contributed by atoms with Gasteiger partial charge in [-0.05, 0) is 39.3 Å². The summed E-state index contributed by atoms with van der Waals surface area (Å²) < 4.78 is 21.3. The number of ether oxygens (including phenoxy) is 4. The van der Waals surface area contributed by atoms with Crippen LogP contribution in [-0.2, 0) is 0 Å². The van der Waals surface area contributed by atoms with E-state index >= 15 is 0 Å². The first-order valence-corrected chi connectivity index (χ1v) is 11.2. The lowest BCUT2D eigenvalue weighted by Crippen LogP contribution is -2.41. The number of hydrogen-bond donors (Lipinski definition) is 0. The number of fused-ring (bicyclic) bond motifs is 1. The first kappa shape index (κ1) is 22.9. The van der Waals surface area contributed by atoms with Crippen LogP contribution in [0.1, 0.15) is 20.7 Å². The summed E-state index contributed by atoms with van der Waals surface area (Å²) in [5.41, 5.74) is 0.905. The van der Waals surface area contributed by atoms with Crippen molar-refractivity contribution in [3.8, 4) is 23.0 Å². The van der Waals surface area contributed by atoms with Gasteiger partial charge in [0.15, 0.2) is 17.2 Å². The molecule has 1 unspecified atom stereocenters. The van der Waals surface area contributed by atoms with Crippen LogP contribution in [0.2, 0.25) is 0 Å². The topological polar surface area (TPSA) is 71.1 Å². The van der Waals surface area contributed by atoms with Crippen molar-refractivity contribution < 1.29 is 28.5 Å². The molecule has 11 heteroatoms. The smallest absolute Gasteiger partial charge is 0.364 e. The Morgan fingerprint density at radius 2 is 1.60 bits per heavy atom. The molecule has 1 heterocycles. The molecule has 1 aliphatic heterocycles. The van der Waals surface area contributed by atoms with Gasteiger partial charge in [0, 0.05) is 12.1 Å². The maximum absolute atomic E-state index is 13.6. The van der Waals surface area contributed by atoms with E-state index < -0.39 is 5.24 Å². The average molecular weight is 491 g/mol. The zero-order chi connectivity index (χ0) is 22.2. The molecule has 2 aromatic carbocycles. The summed E-state index contributed by atoms with van der Waals surface area (Å²) in [5, 5.41) is -0.732. The number of halogens is 2. The van der Waals surface area contributed by atoms with Crippen molar-refractivity contribution in [2.45, 2.75) is 9.79 Å². The van der Waals surface area contributed by atoms with Crippen LogP contribution in [-0.4, -0.2) is 46.6 Å². The molecule has 1 atom stereocenters. The maximum Gasteiger partial charge on any atom is 0.364 e. The highest BCUT2D eigenvalue weighted by Crippen LogP contribution is 2.57. The van der Waals surface area contributed by atoms with Gasteiger partial charge < -0.3 is 18.9 Å². The number of quaternary nitrogens is 1. The lowest BCUT2D eigenvalue weighted by molar-refractivity contribution is 0.0895. The van der Waals surface area contributed by atoms with Gasteiger partial charge in [0.2, 0.25) is 11.4 Å². The molecule has 2 aromatic rings. The highest BCUT2D eigenvalue weighted by atomic mass is 35.7. The third kappa shape index (κ3) is 3.48. The minimum Gasteiger partial charge on any atom is -0.493 e. The van der Waals surface area contributed by atoms with Crippen molar-refractivity contribution in [3.63, 3.8) is 0 Å². The van der Waals surface area contributed by atoms with Gasteiger partial charge in [-0.1, -0.05) is 0 Å². The summed E-state index contributed by atoms with van der Waals surface area (Å²) in [4.78, 5) is 26.7. The minimum atomic E-state index is -0.732. The van der Waals surface area contributed by atoms with Crippen LogP contribution in [0.15, 0.2) is 28.0 Å². The van der Waals surface area contributed by atoms with Crippen LogP contribution in [0.5, 0.6) is 23.0 Å². The van der Waals surface area contributed by atoms with Gasteiger partial charge in [-0.15, -0.1) is 0 Å². The van der Waals surface area contributed by atoms with Crippen LogP contribution in [0, 0.1) is 0 Å². The fraction of sp³-hybridized carbons (Fsp3) is 0.263. The number of amides is 1. The van der Waals surface area contributed by atoms with E-state index in [1.807, 2.05) is 0 Å². The number of carbonyl (C=O) groups is 2. The second-order valence-corrected chi connectivity index (χ2v) is 8.93. The van der Waals surface area contributed by atoms with E-state index in [1.165, 1.54) is 46.5 Å². The van der Waals surface area contributed by atoms with E-state index in [9.17, 15) is 9.59 Å². The Morgan fingerprint density at radius 1 is 1.00 bits per heavy atom. The number of benzene rings is 2. The lowest BCUT2D eigenvalue weighted by atomic mass is 10.1. The van der Waals surface area contributed by atoms with Gasteiger partial charge in [-0.3, -0.25) is 4.79 Å². The van der Waals surface area contributed by atoms with E-state index in [2.05, 4.69) is 0 Å². The molecule has 0 bridgehead atoms. The highest BCUT2D eigenvalue weighted by molar-refractivity contribution is 8.21. The normalized spacial score (nSPS) is 17.5. The standard InChI is InChI=1S/C19H18Cl2NO6S2/c1-22(19(24)9-6-11(25-2)12(26-3)8-14(9)30-22)15-16(28-5)13(27-4)7-10(18(20)23)17(15)29-21/h6-8H,1-5H3/q+1. The van der Waals surface area contributed by atoms with Crippen LogP contribution >= 0.6 is 45.2 Å². The van der Waals surface area contributed by atoms with Crippen molar-refractivity contribution in [3.05, 3.63) is 29.3 Å². The predicted molar refractivity (Wildman–Crippen MR) is 119 cm³/mol. The predicted octanol–water partition coefficient (Wildman–Crippen LogP) is 5.14. The molecule has 0 fully saturated rings. The molecule has 0 spiro atoms. The van der Waals surface area contributed by atoms with E-state index in [0.717, 1.165) is 11.0 Å². The number of hydrogen-bond acceptors (Lipinski definition) is 8. The SMILES string of the molecule is COc1cc2c(cc1OC)C(=O)[N+](C)(c1c(OC)c(OC)cc(C(=O)Cl)c1SCl)S2. The van der Waals surface area contributed by atoms with Crippen LogP contribution < -0.4 is 22.8 Å². The van der Waals surface area contributed by atoms with Gasteiger partial charge in [0.25, 0.3) is 5.24 Å². The number of methoxy groups -OCH3 is 4. The molecule has 0 N–H and O–H groups in total. The second-order valence-electron chi connectivity index (χ2n) is 6.21. The fourth-order valence-electron chi connectivity index (χ4n) is 3.29. The van der Waals surface area contributed by atoms with Crippen LogP contribution in [0.4, 0.5) is 5.69 Å². The van der Waals surface area contributed by atoms with Crippen LogP contribution in [0.3, 0.4) is 0 Å². The Hall–Kier alpha value is -1.78. The van der Waals surface area contributed by atoms with Gasteiger partial charge in [0.05, 0.1) is 45.9 Å². The van der Waals surface area contributed by atoms with Gasteiger partial charge in [0.1, 0.15) is 22.4 Å². The zero-order valence-corrected chi connectivity index (χ0v) is 19.8. The Bertz CT molecular complexity index is 1050. The molecule has 3 rings (SSSR count). The molecule has 0 saturated carbocycles. The average Bonchev–Trinajstić information content (AvgIpc) is 3.00. The molecule has 0 aromatic heterocycles. The van der Waals surface area contributed by atoms with Crippen molar-refractivity contribution in [2.24, 2.45) is 0 Å². The van der Waals surface area contributed by atoms with Crippen molar-refractivity contribution in [2.75, 3.05) is 35.5 Å². The van der Waals surface area contributed by atoms with E-state index in [1.54, 1.807) is 19.2 Å². The first-order valence-electron chi connectivity index (χ1n) is 8.42. The van der Waals surface area contributed by atoms with E-state index in [-0.39, 0.29) is 26.9 Å². The Labute approximate surface area is 191 Å². The second kappa shape index (κ2) is 8.76. The van der Waals surface area contributed by atoms with Crippen molar-refractivity contribution in [1.29, 1.82) is 0 Å². The third-order valence-electron chi connectivity index (χ3n) is 4.70. The monoisotopic (exact) mass is 490 g/mol. The molecule has 7 nitrogen and oxygen atoms in total. The molecule has 1 amide bonds. The Morgan fingerprint density at radius 3 is 2.10 bits per heavy atom. The molecule has 1 aliphatic rings. The first-order chi connectivity index (χ1) is 14.3. The molecule has 0 radical (unpaired) electrons. The third-order valence-corrected chi connectivity index (χ3v) is 7.18. The number of nitrogens with zero attached hydrogens (tertiary/aromatic N) is 1. The summed E-state index contributed by atoms with van der Waals surface area (Å²) >= 11 is 7.04. The fourth-order valence-corrected chi connectivity index (χ4v) is 5.85. The molecule has 30 heavy (non-hydrogen) atoms. The number of carbonyl (C=O) groups excluding carboxylic acids is 2. The Balaban J connectivity index is 2.32. The maximum atomic E-state index is 13.6. The van der Waals surface area contributed by atoms with Crippen molar-refractivity contribution >= 4 is 62.0 Å². The molecular weight excluding hydrogens is 473 g/mol. The molecule has 160 valence electrons. The Kier molecular flexibility index (Phi) is 6.69. The summed E-state index contributed by atoms with van der Waals surface area (Å²) in [7, 11) is 14.5. The lowest BCUT2D eigenvalue weighted by Gasteiger charge is -2.27. The van der Waals surface area contributed by atoms with E-state index in [4.69, 9.17) is 41.2 Å². The zero-order valence-electron chi connectivity index (χ0n) is 16.7. The van der Waals surface area contributed by atoms with E-state index in [0.29, 0.717) is 32.5 Å². The highest BCUT2D eigenvalue weighted by Gasteiger charge is 2.51. The van der Waals surface area contributed by atoms with Gasteiger partial charge >= 0.3 is 5.91 Å². The van der Waals surface area contributed by atoms with Crippen LogP contribution in [0.25, 0.3) is 0 Å². The van der Waals surface area contributed by atoms with Gasteiger partial charge in [-0.2, -0.15) is 3.89 Å².